The van der Waals surface area contributed by atoms with E-state index in [-0.39, 0.29) is 136 Å². The van der Waals surface area contributed by atoms with Crippen molar-refractivity contribution in [3.63, 3.8) is 0 Å². The lowest BCUT2D eigenvalue weighted by Crippen LogP contribution is -2.59. The Labute approximate surface area is 884 Å². The Morgan fingerprint density at radius 1 is 0.361 bits per heavy atom. The number of amidine groups is 4. The summed E-state index contributed by atoms with van der Waals surface area (Å²) in [5.41, 5.74) is 3.45. The van der Waals surface area contributed by atoms with E-state index in [1.807, 2.05) is 25.8 Å². The van der Waals surface area contributed by atoms with Gasteiger partial charge in [-0.1, -0.05) is 138 Å². The first-order chi connectivity index (χ1) is 69.6. The second-order valence-corrected chi connectivity index (χ2v) is 49.0. The van der Waals surface area contributed by atoms with Gasteiger partial charge in [0.2, 0.25) is 0 Å². The summed E-state index contributed by atoms with van der Waals surface area (Å²) >= 11 is 28.3. The molecule has 8 aromatic carbocycles. The van der Waals surface area contributed by atoms with E-state index in [0.29, 0.717) is 85.9 Å². The fourth-order valence-electron chi connectivity index (χ4n) is 16.4. The second-order valence-electron chi connectivity index (χ2n) is 34.2. The molecule has 4 atom stereocenters. The summed E-state index contributed by atoms with van der Waals surface area (Å²) in [6.45, 7) is 7.81. The van der Waals surface area contributed by atoms with Crippen molar-refractivity contribution in [3.05, 3.63) is 271 Å². The molecule has 4 fully saturated rings. The van der Waals surface area contributed by atoms with E-state index in [1.54, 1.807) is 212 Å². The minimum absolute atomic E-state index is 0.0304. The van der Waals surface area contributed by atoms with Crippen molar-refractivity contribution in [3.8, 4) is 12.3 Å². The Morgan fingerprint density at radius 3 is 0.803 bits per heavy atom. The van der Waals surface area contributed by atoms with Crippen LogP contribution in [0.4, 0.5) is 0 Å². The average molecular weight is 2230 g/mol. The molecule has 8 N–H and O–H groups in total. The molecule has 0 radical (unpaired) electrons. The zero-order valence-electron chi connectivity index (χ0n) is 79.6. The molecule has 0 bridgehead atoms. The number of amides is 4. The summed E-state index contributed by atoms with van der Waals surface area (Å²) in [5, 5.41) is 77.2. The van der Waals surface area contributed by atoms with Crippen molar-refractivity contribution < 1.29 is 92.5 Å². The van der Waals surface area contributed by atoms with E-state index in [2.05, 4.69) is 12.5 Å². The first kappa shape index (κ1) is 112. The zero-order chi connectivity index (χ0) is 107. The molecule has 4 aliphatic rings. The number of sulfonamides is 4. The molecule has 4 amide bonds. The summed E-state index contributed by atoms with van der Waals surface area (Å²) in [6, 6.07) is 46.5. The molecule has 147 heavy (non-hydrogen) atoms. The maximum atomic E-state index is 13.3. The second kappa shape index (κ2) is 47.2. The number of rotatable bonds is 26. The zero-order valence-corrected chi connectivity index (χ0v) is 89.2. The van der Waals surface area contributed by atoms with E-state index in [0.717, 1.165) is 97.1 Å². The quantitative estimate of drug-likeness (QED) is 0.0108. The van der Waals surface area contributed by atoms with Crippen LogP contribution in [0.3, 0.4) is 0 Å². The van der Waals surface area contributed by atoms with E-state index >= 15 is 0 Å². The Hall–Kier alpha value is -12.7. The third-order valence-electron chi connectivity index (χ3n) is 24.7. The number of benzene rings is 8. The smallest absolute Gasteiger partial charge is 0.327 e. The number of carbonyl (C=O) groups is 8. The number of fused-ring (bicyclic) bond motifs is 4. The van der Waals surface area contributed by atoms with Crippen molar-refractivity contribution in [1.29, 1.82) is 21.6 Å². The number of nitrogens with one attached hydrogen (secondary N) is 4. The van der Waals surface area contributed by atoms with Crippen molar-refractivity contribution >= 4 is 243 Å². The SMILES string of the molecule is C#CCN(C)C(=N)c1ccc(C(=O)N2CCN(S(=O)(=O)c3cc4ccc(Cl)cc4s3)CC2C(=O)O)cc1.C=CCN(C)C(=N)c1ccc(C(=O)N2CCN(S(=O)(=O)c3cc4ccc(Cl)cc4s3)CC2C(=O)O)cc1.CCCN(C)C(=N)c1ccc(C(=O)N2CCN(S(=O)(=O)c3cc4ccc(Cl)cc4s3)CC2C(=O)O)cc1.CCN(C)C(=N)c1ccc(C(=O)N2CCN(S(=O)(=O)c3cc4ccc(Cl)cc4s3)CC2C(=O)O)cc1. The van der Waals surface area contributed by atoms with Gasteiger partial charge in [-0.15, -0.1) is 58.3 Å². The molecule has 772 valence electrons. The Balaban J connectivity index is 0.000000164. The predicted octanol–water partition coefficient (Wildman–Crippen LogP) is 13.9. The van der Waals surface area contributed by atoms with Gasteiger partial charge in [-0.25, -0.2) is 52.8 Å². The third kappa shape index (κ3) is 25.2. The summed E-state index contributed by atoms with van der Waals surface area (Å²) in [6.07, 6.45) is 7.86. The third-order valence-corrected chi connectivity index (χ3v) is 39.3. The van der Waals surface area contributed by atoms with Crippen LogP contribution in [0.2, 0.25) is 20.1 Å². The number of likely N-dealkylation sites (N-methyl/N-ethyl adjacent to an activating group) is 1. The lowest BCUT2D eigenvalue weighted by Gasteiger charge is -2.38. The molecule has 4 aliphatic heterocycles. The van der Waals surface area contributed by atoms with Gasteiger partial charge in [0, 0.05) is 210 Å². The molecular weight excluding hydrogens is 2130 g/mol. The monoisotopic (exact) mass is 2230 g/mol. The van der Waals surface area contributed by atoms with Gasteiger partial charge < -0.3 is 59.6 Å². The van der Waals surface area contributed by atoms with Gasteiger partial charge in [-0.05, 0) is 156 Å². The molecule has 12 aromatic rings. The van der Waals surface area contributed by atoms with Crippen LogP contribution in [0.25, 0.3) is 40.3 Å². The van der Waals surface area contributed by atoms with Crippen LogP contribution < -0.4 is 0 Å². The number of nitrogens with zero attached hydrogens (tertiary/aromatic N) is 12. The molecular formula is C99H100Cl4N16O20S8. The summed E-state index contributed by atoms with van der Waals surface area (Å²) in [4.78, 5) is 113. The fraction of sp³-hybridized carbons (Fsp3) is 0.273. The number of carbonyl (C=O) groups excluding carboxylic acids is 4. The van der Waals surface area contributed by atoms with Crippen LogP contribution in [0.5, 0.6) is 0 Å². The van der Waals surface area contributed by atoms with E-state index in [9.17, 15) is 92.5 Å². The number of carboxylic acids is 4. The molecule has 48 heteroatoms. The standard InChI is InChI=1S/C25H27ClN4O5S2.C25H25ClN4O5S2.C25H23ClN4O5S2.C24H25ClN4O5S2/c3*1-3-10-28(2)23(27)16-4-6-17(7-5-16)24(31)30-12-11-29(15-20(30)25(32)33)37(34,35)22-13-18-8-9-19(26)14-21(18)36-22;1-3-27(2)22(26)15-4-6-16(7-5-15)23(30)29-11-10-28(14-19(29)24(31)32)36(33,34)21-12-17-8-9-18(25)13-20(17)35-21/h4-9,13-14,20,27H,3,10-12,15H2,1-2H3,(H,32,33);3-9,13-14,20,27H,1,10-12,15H2,2H3,(H,32,33);1,4-9,13-14,20,27H,10-12,15H2,2H3,(H,32,33);4-9,12-13,19,26H,3,10-11,14H2,1-2H3,(H,31,32). The number of aliphatic carboxylic acids is 4. The minimum Gasteiger partial charge on any atom is -0.480 e. The van der Waals surface area contributed by atoms with E-state index < -0.39 is 112 Å². The molecule has 4 saturated heterocycles. The topological polar surface area (TPSA) is 488 Å². The van der Waals surface area contributed by atoms with Gasteiger partial charge in [0.15, 0.2) is 0 Å². The van der Waals surface area contributed by atoms with Gasteiger partial charge in [0.1, 0.15) is 64.3 Å². The molecule has 0 spiro atoms. The largest absolute Gasteiger partial charge is 0.480 e. The Kier molecular flexibility index (Phi) is 35.8. The first-order valence-electron chi connectivity index (χ1n) is 45.2. The maximum absolute atomic E-state index is 13.3. The fourth-order valence-corrected chi connectivity index (χ4v) is 29.5. The van der Waals surface area contributed by atoms with Crippen LogP contribution in [0, 0.1) is 34.0 Å². The van der Waals surface area contributed by atoms with Crippen molar-refractivity contribution in [2.24, 2.45) is 0 Å². The van der Waals surface area contributed by atoms with Crippen LogP contribution in [-0.4, -0.2) is 338 Å². The van der Waals surface area contributed by atoms with Crippen LogP contribution in [0.15, 0.2) is 224 Å². The van der Waals surface area contributed by atoms with Crippen LogP contribution in [-0.2, 0) is 59.3 Å². The summed E-state index contributed by atoms with van der Waals surface area (Å²) < 4.78 is 114. The highest BCUT2D eigenvalue weighted by atomic mass is 35.5. The molecule has 8 heterocycles. The predicted molar refractivity (Wildman–Crippen MR) is 571 cm³/mol. The van der Waals surface area contributed by atoms with Gasteiger partial charge in [-0.3, -0.25) is 40.8 Å². The van der Waals surface area contributed by atoms with E-state index in [4.69, 9.17) is 74.5 Å². The normalized spacial score (nSPS) is 16.6. The van der Waals surface area contributed by atoms with Gasteiger partial charge in [0.25, 0.3) is 63.7 Å². The van der Waals surface area contributed by atoms with Gasteiger partial charge >= 0.3 is 23.9 Å². The number of terminal acetylenes is 1. The number of hydrogen-bond donors (Lipinski definition) is 8. The molecule has 0 saturated carbocycles. The number of piperazine rings is 4. The first-order valence-corrected chi connectivity index (χ1v) is 55.7. The van der Waals surface area contributed by atoms with Crippen LogP contribution in [0.1, 0.15) is 84.0 Å². The number of halogens is 4. The van der Waals surface area contributed by atoms with Gasteiger partial charge in [-0.2, -0.15) is 17.2 Å². The number of thiophene rings is 4. The van der Waals surface area contributed by atoms with E-state index in [1.165, 1.54) is 43.9 Å². The highest BCUT2D eigenvalue weighted by molar-refractivity contribution is 7.92. The highest BCUT2D eigenvalue weighted by Gasteiger charge is 2.46. The Morgan fingerprint density at radius 2 is 0.585 bits per heavy atom. The lowest BCUT2D eigenvalue weighted by atomic mass is 10.1. The molecule has 0 aliphatic carbocycles. The molecule has 16 rings (SSSR count). The maximum Gasteiger partial charge on any atom is 0.327 e. The molecule has 4 unspecified atom stereocenters. The van der Waals surface area contributed by atoms with Crippen LogP contribution >= 0.6 is 91.8 Å². The molecule has 36 nitrogen and oxygen atoms in total. The number of hydrogen-bond acceptors (Lipinski definition) is 24. The lowest BCUT2D eigenvalue weighted by molar-refractivity contribution is -0.144. The summed E-state index contributed by atoms with van der Waals surface area (Å²) in [5.74, 6) is -3.68. The van der Waals surface area contributed by atoms with Gasteiger partial charge in [0.05, 0.1) is 6.54 Å². The number of carboxylic acid groups (broad SMARTS) is 4. The minimum atomic E-state index is -3.98. The highest BCUT2D eigenvalue weighted by Crippen LogP contribution is 2.40. The van der Waals surface area contributed by atoms with Crippen molar-refractivity contribution in [2.75, 3.05) is 133 Å². The van der Waals surface area contributed by atoms with Crippen molar-refractivity contribution in [1.82, 2.24) is 56.4 Å². The molecule has 4 aromatic heterocycles. The average Bonchev–Trinajstić information content (AvgIpc) is 1.69. The Bertz CT molecular complexity index is 7700. The summed E-state index contributed by atoms with van der Waals surface area (Å²) in [7, 11) is -8.83. The van der Waals surface area contributed by atoms with Crippen molar-refractivity contribution in [2.45, 2.75) is 61.3 Å².